The number of halogens is 1. The molecule has 12 heteroatoms. The predicted molar refractivity (Wildman–Crippen MR) is 156 cm³/mol. The number of hydrogen-bond acceptors (Lipinski definition) is 7. The number of nitrogens with one attached hydrogen (secondary N) is 2. The second-order valence-corrected chi connectivity index (χ2v) is 10.6. The zero-order chi connectivity index (χ0) is 28.5. The Kier molecular flexibility index (Phi) is 7.12. The van der Waals surface area contributed by atoms with E-state index in [2.05, 4.69) is 10.6 Å². The lowest BCUT2D eigenvalue weighted by molar-refractivity contribution is -0.127. The first-order valence-electron chi connectivity index (χ1n) is 12.4. The Hall–Kier alpha value is -4.74. The fraction of sp³-hybridized carbons (Fsp3) is 0.103. The number of imide groups is 1. The Bertz CT molecular complexity index is 1750. The average Bonchev–Trinajstić information content (AvgIpc) is 3.63. The molecule has 0 spiro atoms. The SMILES string of the molecule is O=C(CN1C(=O)S/C(=C\c2cn(CC(=O)Nc3ccc4c(c3)OCO4)c3ccccc23)C1=O)Nc1ccc(Cl)cc1. The van der Waals surface area contributed by atoms with Crippen LogP contribution in [0.1, 0.15) is 5.56 Å². The van der Waals surface area contributed by atoms with Gasteiger partial charge in [0.25, 0.3) is 11.1 Å². The van der Waals surface area contributed by atoms with Crippen LogP contribution in [0.15, 0.2) is 77.8 Å². The summed E-state index contributed by atoms with van der Waals surface area (Å²) in [6.07, 6.45) is 3.36. The lowest BCUT2D eigenvalue weighted by atomic mass is 10.1. The summed E-state index contributed by atoms with van der Waals surface area (Å²) < 4.78 is 12.4. The highest BCUT2D eigenvalue weighted by Crippen LogP contribution is 2.35. The molecule has 0 aliphatic carbocycles. The zero-order valence-electron chi connectivity index (χ0n) is 21.3. The van der Waals surface area contributed by atoms with Gasteiger partial charge in [0.1, 0.15) is 13.1 Å². The first kappa shape index (κ1) is 26.5. The molecule has 0 atom stereocenters. The normalized spacial score (nSPS) is 15.1. The summed E-state index contributed by atoms with van der Waals surface area (Å²) >= 11 is 6.63. The van der Waals surface area contributed by atoms with Crippen LogP contribution >= 0.6 is 23.4 Å². The molecule has 41 heavy (non-hydrogen) atoms. The summed E-state index contributed by atoms with van der Waals surface area (Å²) in [6.45, 7) is -0.275. The summed E-state index contributed by atoms with van der Waals surface area (Å²) in [7, 11) is 0. The van der Waals surface area contributed by atoms with Crippen LogP contribution in [-0.2, 0) is 20.9 Å². The topological polar surface area (TPSA) is 119 Å². The molecule has 4 aromatic rings. The number of carbonyl (C=O) groups excluding carboxylic acids is 4. The summed E-state index contributed by atoms with van der Waals surface area (Å²) in [5.74, 6) is -0.156. The van der Waals surface area contributed by atoms with E-state index in [1.54, 1.807) is 59.3 Å². The van der Waals surface area contributed by atoms with Gasteiger partial charge in [-0.1, -0.05) is 29.8 Å². The van der Waals surface area contributed by atoms with Gasteiger partial charge in [-0.15, -0.1) is 0 Å². The van der Waals surface area contributed by atoms with Crippen molar-refractivity contribution in [2.75, 3.05) is 24.0 Å². The van der Waals surface area contributed by atoms with Crippen molar-refractivity contribution in [1.29, 1.82) is 0 Å². The van der Waals surface area contributed by atoms with Crippen LogP contribution in [0.25, 0.3) is 17.0 Å². The van der Waals surface area contributed by atoms with Crippen LogP contribution < -0.4 is 20.1 Å². The van der Waals surface area contributed by atoms with Crippen molar-refractivity contribution in [3.8, 4) is 11.5 Å². The minimum Gasteiger partial charge on any atom is -0.454 e. The Labute approximate surface area is 242 Å². The van der Waals surface area contributed by atoms with Crippen LogP contribution in [0.5, 0.6) is 11.5 Å². The van der Waals surface area contributed by atoms with Crippen LogP contribution in [0, 0.1) is 0 Å². The van der Waals surface area contributed by atoms with E-state index in [0.717, 1.165) is 27.6 Å². The molecular formula is C29H21ClN4O6S. The monoisotopic (exact) mass is 588 g/mol. The highest BCUT2D eigenvalue weighted by molar-refractivity contribution is 8.18. The minimum absolute atomic E-state index is 0.00907. The van der Waals surface area contributed by atoms with Gasteiger partial charge in [0.2, 0.25) is 18.6 Å². The first-order chi connectivity index (χ1) is 19.8. The quantitative estimate of drug-likeness (QED) is 0.280. The maximum atomic E-state index is 13.1. The fourth-order valence-electron chi connectivity index (χ4n) is 4.51. The number of carbonyl (C=O) groups is 4. The predicted octanol–water partition coefficient (Wildman–Crippen LogP) is 5.34. The largest absolute Gasteiger partial charge is 0.454 e. The lowest BCUT2D eigenvalue weighted by Gasteiger charge is -2.12. The number of hydrogen-bond donors (Lipinski definition) is 2. The number of para-hydroxylation sites is 1. The third-order valence-electron chi connectivity index (χ3n) is 6.38. The second kappa shape index (κ2) is 11.0. The number of nitrogens with zero attached hydrogens (tertiary/aromatic N) is 2. The van der Waals surface area contributed by atoms with Crippen LogP contribution in [0.2, 0.25) is 5.02 Å². The van der Waals surface area contributed by atoms with E-state index >= 15 is 0 Å². The molecule has 2 N–H and O–H groups in total. The van der Waals surface area contributed by atoms with E-state index in [0.29, 0.717) is 33.5 Å². The van der Waals surface area contributed by atoms with Crippen molar-refractivity contribution in [3.05, 3.63) is 88.4 Å². The summed E-state index contributed by atoms with van der Waals surface area (Å²) in [4.78, 5) is 52.2. The molecule has 0 radical (unpaired) electrons. The highest BCUT2D eigenvalue weighted by atomic mass is 35.5. The van der Waals surface area contributed by atoms with E-state index in [-0.39, 0.29) is 24.2 Å². The van der Waals surface area contributed by atoms with Gasteiger partial charge in [-0.2, -0.15) is 0 Å². The van der Waals surface area contributed by atoms with Crippen LogP contribution in [0.4, 0.5) is 16.2 Å². The number of amides is 4. The molecular weight excluding hydrogens is 568 g/mol. The number of ether oxygens (including phenoxy) is 2. The molecule has 0 saturated carbocycles. The van der Waals surface area contributed by atoms with E-state index < -0.39 is 23.6 Å². The molecule has 1 fully saturated rings. The molecule has 0 unspecified atom stereocenters. The molecule has 1 aromatic heterocycles. The van der Waals surface area contributed by atoms with Crippen molar-refractivity contribution in [2.24, 2.45) is 0 Å². The number of benzene rings is 3. The Balaban J connectivity index is 1.17. The number of aromatic nitrogens is 1. The van der Waals surface area contributed by atoms with Gasteiger partial charge in [-0.05, 0) is 60.3 Å². The summed E-state index contributed by atoms with van der Waals surface area (Å²) in [6, 6.07) is 19.1. The van der Waals surface area contributed by atoms with E-state index in [1.807, 2.05) is 24.3 Å². The number of anilines is 2. The average molecular weight is 589 g/mol. The third kappa shape index (κ3) is 5.63. The summed E-state index contributed by atoms with van der Waals surface area (Å²) in [5.41, 5.74) is 2.51. The smallest absolute Gasteiger partial charge is 0.294 e. The standard InChI is InChI=1S/C29H21ClN4O6S/c30-18-5-7-19(8-6-18)31-27(36)15-34-28(37)25(41-29(34)38)11-17-13-33(22-4-2-1-3-21(17)22)14-26(35)32-20-9-10-23-24(12-20)40-16-39-23/h1-13H,14-16H2,(H,31,36)(H,32,35)/b25-11-. The molecule has 6 rings (SSSR count). The van der Waals surface area contributed by atoms with E-state index in [9.17, 15) is 19.2 Å². The molecule has 0 bridgehead atoms. The molecule has 3 heterocycles. The van der Waals surface area contributed by atoms with Crippen molar-refractivity contribution in [3.63, 3.8) is 0 Å². The van der Waals surface area contributed by atoms with Crippen molar-refractivity contribution >= 4 is 74.7 Å². The van der Waals surface area contributed by atoms with Crippen molar-refractivity contribution in [2.45, 2.75) is 6.54 Å². The van der Waals surface area contributed by atoms with Crippen molar-refractivity contribution < 1.29 is 28.7 Å². The van der Waals surface area contributed by atoms with Gasteiger partial charge in [0, 0.05) is 45.1 Å². The van der Waals surface area contributed by atoms with Crippen LogP contribution in [0.3, 0.4) is 0 Å². The van der Waals surface area contributed by atoms with Gasteiger partial charge in [0.15, 0.2) is 11.5 Å². The molecule has 4 amide bonds. The molecule has 2 aliphatic rings. The van der Waals surface area contributed by atoms with Gasteiger partial charge in [-0.3, -0.25) is 24.1 Å². The molecule has 1 saturated heterocycles. The van der Waals surface area contributed by atoms with Crippen molar-refractivity contribution in [1.82, 2.24) is 9.47 Å². The maximum absolute atomic E-state index is 13.1. The van der Waals surface area contributed by atoms with Gasteiger partial charge < -0.3 is 24.7 Å². The number of thioether (sulfide) groups is 1. The molecule has 206 valence electrons. The Morgan fingerprint density at radius 2 is 1.61 bits per heavy atom. The number of rotatable bonds is 7. The number of fused-ring (bicyclic) bond motifs is 2. The van der Waals surface area contributed by atoms with Crippen LogP contribution in [-0.4, -0.2) is 45.8 Å². The van der Waals surface area contributed by atoms with Gasteiger partial charge in [0.05, 0.1) is 4.91 Å². The summed E-state index contributed by atoms with van der Waals surface area (Å²) in [5, 5.41) is 6.29. The van der Waals surface area contributed by atoms with Gasteiger partial charge >= 0.3 is 0 Å². The van der Waals surface area contributed by atoms with E-state index in [4.69, 9.17) is 21.1 Å². The second-order valence-electron chi connectivity index (χ2n) is 9.17. The molecule has 3 aromatic carbocycles. The molecule has 10 nitrogen and oxygen atoms in total. The third-order valence-corrected chi connectivity index (χ3v) is 7.54. The zero-order valence-corrected chi connectivity index (χ0v) is 22.8. The minimum atomic E-state index is -0.566. The van der Waals surface area contributed by atoms with Gasteiger partial charge in [-0.25, -0.2) is 0 Å². The Morgan fingerprint density at radius 3 is 2.44 bits per heavy atom. The first-order valence-corrected chi connectivity index (χ1v) is 13.6. The lowest BCUT2D eigenvalue weighted by Crippen LogP contribution is -2.36. The highest BCUT2D eigenvalue weighted by Gasteiger charge is 2.36. The fourth-order valence-corrected chi connectivity index (χ4v) is 5.46. The maximum Gasteiger partial charge on any atom is 0.294 e. The molecule has 2 aliphatic heterocycles. The Morgan fingerprint density at radius 1 is 0.902 bits per heavy atom. The van der Waals surface area contributed by atoms with E-state index in [1.165, 1.54) is 0 Å².